The Hall–Kier alpha value is -3.27. The van der Waals surface area contributed by atoms with E-state index in [4.69, 9.17) is 9.47 Å². The Labute approximate surface area is 165 Å². The quantitative estimate of drug-likeness (QED) is 0.744. The van der Waals surface area contributed by atoms with Crippen molar-refractivity contribution in [2.24, 2.45) is 0 Å². The van der Waals surface area contributed by atoms with Crippen LogP contribution in [0.2, 0.25) is 0 Å². The molecule has 3 aromatic rings. The number of benzene rings is 3. The van der Waals surface area contributed by atoms with Crippen LogP contribution in [0.25, 0.3) is 0 Å². The van der Waals surface area contributed by atoms with Crippen LogP contribution in [-0.2, 0) is 17.8 Å². The van der Waals surface area contributed by atoms with Gasteiger partial charge in [-0.1, -0.05) is 65.7 Å². The normalized spacial score (nSPS) is 13.2. The SMILES string of the molecule is Cc1ccc2c(c1)Cc1cc(C)ccc1OC(C(=O)NCc1ccccc1)O2. The molecule has 1 aliphatic heterocycles. The number of amides is 1. The number of aryl methyl sites for hydroxylation is 2. The highest BCUT2D eigenvalue weighted by Gasteiger charge is 2.27. The van der Waals surface area contributed by atoms with Gasteiger partial charge in [-0.15, -0.1) is 0 Å². The fourth-order valence-corrected chi connectivity index (χ4v) is 3.36. The van der Waals surface area contributed by atoms with E-state index in [0.29, 0.717) is 24.5 Å². The van der Waals surface area contributed by atoms with Crippen molar-refractivity contribution in [1.82, 2.24) is 5.32 Å². The van der Waals surface area contributed by atoms with Crippen LogP contribution in [0.15, 0.2) is 66.7 Å². The maximum atomic E-state index is 12.8. The van der Waals surface area contributed by atoms with Crippen LogP contribution < -0.4 is 14.8 Å². The van der Waals surface area contributed by atoms with Crippen LogP contribution in [0.1, 0.15) is 27.8 Å². The van der Waals surface area contributed by atoms with Crippen molar-refractivity contribution in [2.45, 2.75) is 33.1 Å². The first-order chi connectivity index (χ1) is 13.6. The van der Waals surface area contributed by atoms with Crippen LogP contribution in [0, 0.1) is 13.8 Å². The first-order valence-corrected chi connectivity index (χ1v) is 9.42. The third-order valence-electron chi connectivity index (χ3n) is 4.80. The number of carbonyl (C=O) groups is 1. The standard InChI is InChI=1S/C24H23NO3/c1-16-8-10-21-19(12-16)14-20-13-17(2)9-11-22(20)28-24(27-21)23(26)25-15-18-6-4-3-5-7-18/h3-13,24H,14-15H2,1-2H3,(H,25,26). The number of hydrogen-bond acceptors (Lipinski definition) is 3. The van der Waals surface area contributed by atoms with E-state index in [0.717, 1.165) is 27.8 Å². The van der Waals surface area contributed by atoms with Crippen LogP contribution in [0.3, 0.4) is 0 Å². The second-order valence-electron chi connectivity index (χ2n) is 7.17. The summed E-state index contributed by atoms with van der Waals surface area (Å²) in [5.41, 5.74) is 5.44. The zero-order chi connectivity index (χ0) is 19.5. The van der Waals surface area contributed by atoms with Crippen molar-refractivity contribution >= 4 is 5.91 Å². The van der Waals surface area contributed by atoms with Gasteiger partial charge in [0.25, 0.3) is 0 Å². The zero-order valence-electron chi connectivity index (χ0n) is 16.1. The minimum Gasteiger partial charge on any atom is -0.446 e. The fourth-order valence-electron chi connectivity index (χ4n) is 3.36. The number of fused-ring (bicyclic) bond motifs is 2. The van der Waals surface area contributed by atoms with Crippen LogP contribution >= 0.6 is 0 Å². The maximum absolute atomic E-state index is 12.8. The molecule has 0 saturated heterocycles. The molecule has 0 saturated carbocycles. The molecule has 0 aromatic heterocycles. The smallest absolute Gasteiger partial charge is 0.321 e. The van der Waals surface area contributed by atoms with Gasteiger partial charge < -0.3 is 14.8 Å². The van der Waals surface area contributed by atoms with Gasteiger partial charge in [-0.05, 0) is 42.7 Å². The number of hydrogen-bond donors (Lipinski definition) is 1. The van der Waals surface area contributed by atoms with E-state index in [9.17, 15) is 4.79 Å². The molecule has 3 aromatic carbocycles. The summed E-state index contributed by atoms with van der Waals surface area (Å²) in [6.07, 6.45) is -0.348. The van der Waals surface area contributed by atoms with E-state index >= 15 is 0 Å². The van der Waals surface area contributed by atoms with Crippen LogP contribution in [0.4, 0.5) is 0 Å². The largest absolute Gasteiger partial charge is 0.446 e. The molecule has 142 valence electrons. The van der Waals surface area contributed by atoms with Crippen LogP contribution in [-0.4, -0.2) is 12.2 Å². The molecular weight excluding hydrogens is 350 g/mol. The van der Waals surface area contributed by atoms with Gasteiger partial charge in [0.1, 0.15) is 11.5 Å². The lowest BCUT2D eigenvalue weighted by Gasteiger charge is -2.26. The second-order valence-corrected chi connectivity index (χ2v) is 7.17. The van der Waals surface area contributed by atoms with E-state index in [1.165, 1.54) is 0 Å². The molecule has 0 aliphatic carbocycles. The van der Waals surface area contributed by atoms with E-state index < -0.39 is 6.29 Å². The van der Waals surface area contributed by atoms with Gasteiger partial charge in [0.05, 0.1) is 0 Å². The predicted molar refractivity (Wildman–Crippen MR) is 108 cm³/mol. The summed E-state index contributed by atoms with van der Waals surface area (Å²) in [6.45, 7) is 4.53. The molecule has 0 bridgehead atoms. The molecule has 0 atom stereocenters. The van der Waals surface area contributed by atoms with Crippen molar-refractivity contribution in [3.63, 3.8) is 0 Å². The molecule has 1 aliphatic rings. The van der Waals surface area contributed by atoms with E-state index in [1.807, 2.05) is 54.6 Å². The number of rotatable bonds is 3. The summed E-state index contributed by atoms with van der Waals surface area (Å²) in [7, 11) is 0. The first kappa shape index (κ1) is 18.1. The third kappa shape index (κ3) is 4.01. The minimum absolute atomic E-state index is 0.302. The van der Waals surface area contributed by atoms with Gasteiger partial charge in [0.2, 0.25) is 0 Å². The lowest BCUT2D eigenvalue weighted by Crippen LogP contribution is -2.42. The Kier molecular flexibility index (Phi) is 5.02. The lowest BCUT2D eigenvalue weighted by molar-refractivity contribution is -0.140. The van der Waals surface area contributed by atoms with E-state index in [-0.39, 0.29) is 5.91 Å². The molecular formula is C24H23NO3. The summed E-state index contributed by atoms with van der Waals surface area (Å²) in [4.78, 5) is 12.8. The third-order valence-corrected chi connectivity index (χ3v) is 4.80. The van der Waals surface area contributed by atoms with Crippen molar-refractivity contribution in [3.05, 3.63) is 94.5 Å². The van der Waals surface area contributed by atoms with Gasteiger partial charge in [-0.2, -0.15) is 0 Å². The van der Waals surface area contributed by atoms with Gasteiger partial charge >= 0.3 is 12.2 Å². The highest BCUT2D eigenvalue weighted by atomic mass is 16.7. The van der Waals surface area contributed by atoms with Crippen molar-refractivity contribution in [1.29, 1.82) is 0 Å². The average molecular weight is 373 g/mol. The molecule has 28 heavy (non-hydrogen) atoms. The average Bonchev–Trinajstić information content (AvgIpc) is 2.68. The van der Waals surface area contributed by atoms with Crippen molar-refractivity contribution in [3.8, 4) is 11.5 Å². The summed E-state index contributed by atoms with van der Waals surface area (Å²) in [5.74, 6) is 1.05. The second kappa shape index (κ2) is 7.77. The maximum Gasteiger partial charge on any atom is 0.321 e. The summed E-state index contributed by atoms with van der Waals surface area (Å²) in [5, 5.41) is 2.91. The highest BCUT2D eigenvalue weighted by Crippen LogP contribution is 2.32. The Morgan fingerprint density at radius 2 is 1.46 bits per heavy atom. The van der Waals surface area contributed by atoms with E-state index in [2.05, 4.69) is 31.3 Å². The lowest BCUT2D eigenvalue weighted by atomic mass is 9.99. The molecule has 0 fully saturated rings. The molecule has 0 unspecified atom stereocenters. The monoisotopic (exact) mass is 373 g/mol. The Balaban J connectivity index is 1.62. The molecule has 0 spiro atoms. The molecule has 1 N–H and O–H groups in total. The van der Waals surface area contributed by atoms with Gasteiger partial charge in [0.15, 0.2) is 0 Å². The predicted octanol–water partition coefficient (Wildman–Crippen LogP) is 4.31. The summed E-state index contributed by atoms with van der Waals surface area (Å²) in [6, 6.07) is 21.8. The number of carbonyl (C=O) groups excluding carboxylic acids is 1. The Morgan fingerprint density at radius 1 is 0.893 bits per heavy atom. The van der Waals surface area contributed by atoms with Crippen LogP contribution in [0.5, 0.6) is 11.5 Å². The topological polar surface area (TPSA) is 47.6 Å². The molecule has 0 radical (unpaired) electrons. The van der Waals surface area contributed by atoms with Gasteiger partial charge in [-0.3, -0.25) is 4.79 Å². The molecule has 4 rings (SSSR count). The van der Waals surface area contributed by atoms with E-state index in [1.54, 1.807) is 0 Å². The number of nitrogens with one attached hydrogen (secondary N) is 1. The van der Waals surface area contributed by atoms with Crippen molar-refractivity contribution in [2.75, 3.05) is 0 Å². The molecule has 1 amide bonds. The fraction of sp³-hybridized carbons (Fsp3) is 0.208. The molecule has 1 heterocycles. The first-order valence-electron chi connectivity index (χ1n) is 9.42. The Morgan fingerprint density at radius 3 is 2.04 bits per heavy atom. The molecule has 4 heteroatoms. The Bertz CT molecular complexity index is 944. The summed E-state index contributed by atoms with van der Waals surface area (Å²) >= 11 is 0. The molecule has 4 nitrogen and oxygen atoms in total. The zero-order valence-corrected chi connectivity index (χ0v) is 16.1. The van der Waals surface area contributed by atoms with Gasteiger partial charge in [0, 0.05) is 13.0 Å². The van der Waals surface area contributed by atoms with Crippen molar-refractivity contribution < 1.29 is 14.3 Å². The van der Waals surface area contributed by atoms with Gasteiger partial charge in [-0.25, -0.2) is 0 Å². The number of ether oxygens (including phenoxy) is 2. The highest BCUT2D eigenvalue weighted by molar-refractivity contribution is 5.80. The summed E-state index contributed by atoms with van der Waals surface area (Å²) < 4.78 is 12.0. The minimum atomic E-state index is -1.05.